The van der Waals surface area contributed by atoms with Gasteiger partial charge in [-0.1, -0.05) is 6.08 Å². The average molecular weight is 517 g/mol. The second-order valence-electron chi connectivity index (χ2n) is 11.0. The van der Waals surface area contributed by atoms with Crippen LogP contribution in [0.2, 0.25) is 0 Å². The van der Waals surface area contributed by atoms with Gasteiger partial charge in [-0.2, -0.15) is 0 Å². The summed E-state index contributed by atoms with van der Waals surface area (Å²) in [7, 11) is 0. The Labute approximate surface area is 220 Å². The zero-order valence-corrected chi connectivity index (χ0v) is 21.6. The zero-order valence-electron chi connectivity index (χ0n) is 20.8. The fourth-order valence-electron chi connectivity index (χ4n) is 6.17. The molecule has 0 radical (unpaired) electrons. The molecule has 2 atom stereocenters. The van der Waals surface area contributed by atoms with Crippen LogP contribution in [0.4, 0.5) is 17.2 Å². The quantitative estimate of drug-likeness (QED) is 0.430. The first-order chi connectivity index (χ1) is 18.1. The van der Waals surface area contributed by atoms with Gasteiger partial charge in [-0.3, -0.25) is 9.69 Å². The minimum Gasteiger partial charge on any atom is -0.392 e. The number of rotatable bonds is 6. The molecule has 9 heteroatoms. The summed E-state index contributed by atoms with van der Waals surface area (Å²) in [4.78, 5) is 26.7. The summed E-state index contributed by atoms with van der Waals surface area (Å²) in [5, 5.41) is 17.1. The summed E-state index contributed by atoms with van der Waals surface area (Å²) >= 11 is 1.65. The molecular formula is C28H32N6O2S. The lowest BCUT2D eigenvalue weighted by Crippen LogP contribution is -2.45. The first kappa shape index (κ1) is 23.1. The number of hydrogen-bond acceptors (Lipinski definition) is 8. The van der Waals surface area contributed by atoms with Crippen LogP contribution >= 0.6 is 11.3 Å². The Morgan fingerprint density at radius 1 is 1.24 bits per heavy atom. The number of aliphatic hydroxyl groups is 1. The smallest absolute Gasteiger partial charge is 0.230 e. The number of nitrogens with zero attached hydrogens (tertiary/aromatic N) is 4. The molecule has 7 rings (SSSR count). The Morgan fingerprint density at radius 3 is 2.95 bits per heavy atom. The van der Waals surface area contributed by atoms with E-state index in [-0.39, 0.29) is 17.6 Å². The van der Waals surface area contributed by atoms with Gasteiger partial charge in [0, 0.05) is 62.3 Å². The SMILES string of the molecule is O=C(N1CC=C(C2Cc3c(Nc4ccc5ncsc5c4)ccnc3N2)CC1)C1(CN2CCC(O)C2)CC1. The van der Waals surface area contributed by atoms with Crippen LogP contribution in [0, 0.1) is 5.41 Å². The van der Waals surface area contributed by atoms with E-state index in [9.17, 15) is 9.90 Å². The van der Waals surface area contributed by atoms with Crippen molar-refractivity contribution in [2.24, 2.45) is 5.41 Å². The number of carbonyl (C=O) groups excluding carboxylic acids is 1. The maximum absolute atomic E-state index is 13.4. The number of likely N-dealkylation sites (tertiary alicyclic amines) is 1. The lowest BCUT2D eigenvalue weighted by atomic mass is 9.95. The highest BCUT2D eigenvalue weighted by atomic mass is 32.1. The van der Waals surface area contributed by atoms with E-state index >= 15 is 0 Å². The first-order valence-corrected chi connectivity index (χ1v) is 14.2. The van der Waals surface area contributed by atoms with Gasteiger partial charge in [-0.05, 0) is 55.5 Å². The van der Waals surface area contributed by atoms with Gasteiger partial charge in [-0.15, -0.1) is 11.3 Å². The Morgan fingerprint density at radius 2 is 2.16 bits per heavy atom. The zero-order chi connectivity index (χ0) is 25.0. The molecule has 1 aromatic carbocycles. The van der Waals surface area contributed by atoms with E-state index in [0.717, 1.165) is 74.4 Å². The average Bonchev–Trinajstić information content (AvgIpc) is 3.24. The van der Waals surface area contributed by atoms with Crippen molar-refractivity contribution in [1.82, 2.24) is 19.8 Å². The second-order valence-corrected chi connectivity index (χ2v) is 11.9. The molecule has 37 heavy (non-hydrogen) atoms. The largest absolute Gasteiger partial charge is 0.392 e. The van der Waals surface area contributed by atoms with Crippen molar-refractivity contribution in [3.8, 4) is 0 Å². The van der Waals surface area contributed by atoms with Crippen LogP contribution in [0.25, 0.3) is 10.2 Å². The number of amides is 1. The maximum atomic E-state index is 13.4. The number of anilines is 3. The van der Waals surface area contributed by atoms with E-state index in [1.54, 1.807) is 11.3 Å². The molecule has 3 aromatic rings. The molecule has 0 spiro atoms. The summed E-state index contributed by atoms with van der Waals surface area (Å²) in [5.74, 6) is 1.25. The molecule has 1 saturated carbocycles. The monoisotopic (exact) mass is 516 g/mol. The summed E-state index contributed by atoms with van der Waals surface area (Å²) < 4.78 is 1.17. The fraction of sp³-hybridized carbons (Fsp3) is 0.464. The van der Waals surface area contributed by atoms with Crippen LogP contribution in [-0.4, -0.2) is 75.7 Å². The molecule has 3 aliphatic heterocycles. The topological polar surface area (TPSA) is 93.6 Å². The molecule has 0 bridgehead atoms. The van der Waals surface area contributed by atoms with Crippen LogP contribution in [0.3, 0.4) is 0 Å². The van der Waals surface area contributed by atoms with Crippen molar-refractivity contribution in [2.45, 2.75) is 44.2 Å². The van der Waals surface area contributed by atoms with E-state index < -0.39 is 0 Å². The molecule has 3 N–H and O–H groups in total. The van der Waals surface area contributed by atoms with Gasteiger partial charge in [-0.25, -0.2) is 9.97 Å². The predicted molar refractivity (Wildman–Crippen MR) is 146 cm³/mol. The fourth-order valence-corrected chi connectivity index (χ4v) is 6.88. The van der Waals surface area contributed by atoms with E-state index in [4.69, 9.17) is 0 Å². The number of aromatic nitrogens is 2. The minimum absolute atomic E-state index is 0.215. The highest BCUT2D eigenvalue weighted by Gasteiger charge is 2.53. The highest BCUT2D eigenvalue weighted by Crippen LogP contribution is 2.48. The lowest BCUT2D eigenvalue weighted by molar-refractivity contribution is -0.137. The number of aliphatic hydroxyl groups excluding tert-OH is 1. The highest BCUT2D eigenvalue weighted by molar-refractivity contribution is 7.16. The van der Waals surface area contributed by atoms with Crippen molar-refractivity contribution in [3.05, 3.63) is 53.2 Å². The molecule has 4 aliphatic rings. The third-order valence-electron chi connectivity index (χ3n) is 8.45. The standard InChI is InChI=1S/C28H32N6O2S/c35-20-6-10-33(15-20)16-28(7-8-28)27(36)34-11-4-18(5-12-34)24-14-21-22(3-9-29-26(21)32-24)31-19-1-2-23-25(13-19)37-17-30-23/h1-4,9,13,17,20,24,35H,5-8,10-12,14-16H2,(H2,29,31,32). The van der Waals surface area contributed by atoms with E-state index in [1.165, 1.54) is 15.8 Å². The summed E-state index contributed by atoms with van der Waals surface area (Å²) in [5.41, 5.74) is 7.40. The molecule has 1 amide bonds. The Bertz CT molecular complexity index is 1380. The van der Waals surface area contributed by atoms with Crippen molar-refractivity contribution in [3.63, 3.8) is 0 Å². The summed E-state index contributed by atoms with van der Waals surface area (Å²) in [6, 6.07) is 8.53. The molecule has 2 fully saturated rings. The molecular weight excluding hydrogens is 484 g/mol. The number of carbonyl (C=O) groups is 1. The lowest BCUT2D eigenvalue weighted by Gasteiger charge is -2.33. The number of fused-ring (bicyclic) bond motifs is 2. The van der Waals surface area contributed by atoms with E-state index in [2.05, 4.69) is 49.8 Å². The van der Waals surface area contributed by atoms with Gasteiger partial charge < -0.3 is 20.6 Å². The van der Waals surface area contributed by atoms with Gasteiger partial charge in [0.15, 0.2) is 0 Å². The van der Waals surface area contributed by atoms with Gasteiger partial charge in [0.25, 0.3) is 0 Å². The molecule has 2 aromatic heterocycles. The molecule has 2 unspecified atom stereocenters. The Kier molecular flexibility index (Phi) is 5.67. The summed E-state index contributed by atoms with van der Waals surface area (Å²) in [6.45, 7) is 3.86. The number of benzene rings is 1. The predicted octanol–water partition coefficient (Wildman–Crippen LogP) is 3.78. The molecule has 192 valence electrons. The Balaban J connectivity index is 1.01. The number of thiazole rings is 1. The summed E-state index contributed by atoms with van der Waals surface area (Å²) in [6.07, 6.45) is 8.42. The number of β-amino-alcohol motifs (C(OH)–C–C–N with tert-alkyl or cyclic N) is 1. The molecule has 8 nitrogen and oxygen atoms in total. The van der Waals surface area contributed by atoms with Crippen LogP contribution in [0.15, 0.2) is 47.6 Å². The Hall–Kier alpha value is -3.01. The number of hydrogen-bond donors (Lipinski definition) is 3. The van der Waals surface area contributed by atoms with Gasteiger partial charge >= 0.3 is 0 Å². The first-order valence-electron chi connectivity index (χ1n) is 13.3. The van der Waals surface area contributed by atoms with Crippen LogP contribution in [-0.2, 0) is 11.2 Å². The maximum Gasteiger partial charge on any atom is 0.230 e. The number of nitrogens with one attached hydrogen (secondary N) is 2. The van der Waals surface area contributed by atoms with E-state index in [0.29, 0.717) is 19.0 Å². The van der Waals surface area contributed by atoms with Gasteiger partial charge in [0.1, 0.15) is 5.82 Å². The van der Waals surface area contributed by atoms with Gasteiger partial charge in [0.05, 0.1) is 33.3 Å². The van der Waals surface area contributed by atoms with Crippen molar-refractivity contribution >= 4 is 44.7 Å². The molecule has 1 aliphatic carbocycles. The van der Waals surface area contributed by atoms with Crippen LogP contribution in [0.1, 0.15) is 31.2 Å². The minimum atomic E-state index is -0.235. The third-order valence-corrected chi connectivity index (χ3v) is 9.24. The second kappa shape index (κ2) is 9.08. The van der Waals surface area contributed by atoms with Crippen molar-refractivity contribution < 1.29 is 9.90 Å². The normalized spacial score (nSPS) is 24.6. The van der Waals surface area contributed by atoms with Crippen molar-refractivity contribution in [1.29, 1.82) is 0 Å². The third kappa shape index (κ3) is 4.39. The van der Waals surface area contributed by atoms with E-state index in [1.807, 2.05) is 22.7 Å². The van der Waals surface area contributed by atoms with Crippen LogP contribution in [0.5, 0.6) is 0 Å². The molecule has 1 saturated heterocycles. The van der Waals surface area contributed by atoms with Crippen molar-refractivity contribution in [2.75, 3.05) is 43.4 Å². The number of pyridine rings is 1. The van der Waals surface area contributed by atoms with Crippen LogP contribution < -0.4 is 10.6 Å². The molecule has 5 heterocycles. The van der Waals surface area contributed by atoms with Gasteiger partial charge in [0.2, 0.25) is 5.91 Å².